The predicted octanol–water partition coefficient (Wildman–Crippen LogP) is 3.19. The lowest BCUT2D eigenvalue weighted by molar-refractivity contribution is -0.230. The molecule has 1 spiro atoms. The van der Waals surface area contributed by atoms with Crippen molar-refractivity contribution >= 4 is 11.6 Å². The van der Waals surface area contributed by atoms with Gasteiger partial charge in [0, 0.05) is 23.9 Å². The zero-order valence-electron chi connectivity index (χ0n) is 16.1. The number of rotatable bonds is 4. The Hall–Kier alpha value is -0.740. The molecule has 2 atom stereocenters. The second-order valence-corrected chi connectivity index (χ2v) is 8.82. The first-order valence-electron chi connectivity index (χ1n) is 10.7. The Balaban J connectivity index is 1.77. The van der Waals surface area contributed by atoms with Gasteiger partial charge in [0.2, 0.25) is 0 Å². The molecule has 2 saturated heterocycles. The number of carbonyl (C=O) groups excluding carboxylic acids is 2. The van der Waals surface area contributed by atoms with Crippen molar-refractivity contribution in [2.24, 2.45) is 5.41 Å². The van der Waals surface area contributed by atoms with Crippen molar-refractivity contribution in [1.29, 1.82) is 0 Å². The zero-order valence-corrected chi connectivity index (χ0v) is 16.1. The van der Waals surface area contributed by atoms with Crippen molar-refractivity contribution in [1.82, 2.24) is 9.80 Å². The van der Waals surface area contributed by atoms with E-state index in [0.29, 0.717) is 12.8 Å². The lowest BCUT2D eigenvalue weighted by atomic mass is 9.34. The topological polar surface area (TPSA) is 40.6 Å². The molecule has 2 aliphatic carbocycles. The van der Waals surface area contributed by atoms with Crippen LogP contribution in [-0.4, -0.2) is 58.6 Å². The summed E-state index contributed by atoms with van der Waals surface area (Å²) in [5, 5.41) is 0. The summed E-state index contributed by atoms with van der Waals surface area (Å²) < 4.78 is 0. The summed E-state index contributed by atoms with van der Waals surface area (Å²) in [7, 11) is 0. The lowest BCUT2D eigenvalue weighted by Gasteiger charge is -2.75. The van der Waals surface area contributed by atoms with Crippen LogP contribution in [0.4, 0.5) is 0 Å². The maximum atomic E-state index is 13.2. The molecule has 0 aromatic carbocycles. The van der Waals surface area contributed by atoms with Gasteiger partial charge in [-0.3, -0.25) is 19.4 Å². The Morgan fingerprint density at radius 2 is 1.04 bits per heavy atom. The Bertz CT molecular complexity index is 512. The molecule has 2 saturated carbocycles. The van der Waals surface area contributed by atoms with E-state index in [9.17, 15) is 9.59 Å². The van der Waals surface area contributed by atoms with Gasteiger partial charge in [-0.25, -0.2) is 0 Å². The molecule has 4 nitrogen and oxygen atoms in total. The van der Waals surface area contributed by atoms with Crippen LogP contribution in [0.25, 0.3) is 0 Å². The number of likely N-dealkylation sites (tertiary alicyclic amines) is 2. The van der Waals surface area contributed by atoms with Gasteiger partial charge >= 0.3 is 0 Å². The molecular weight excluding hydrogens is 312 g/mol. The van der Waals surface area contributed by atoms with Crippen molar-refractivity contribution in [3.8, 4) is 0 Å². The number of piperidine rings is 2. The Morgan fingerprint density at radius 3 is 1.32 bits per heavy atom. The maximum absolute atomic E-state index is 13.2. The summed E-state index contributed by atoms with van der Waals surface area (Å²) in [6.45, 7) is 8.69. The van der Waals surface area contributed by atoms with Gasteiger partial charge < -0.3 is 0 Å². The van der Waals surface area contributed by atoms with Crippen molar-refractivity contribution in [3.05, 3.63) is 0 Å². The predicted molar refractivity (Wildman–Crippen MR) is 98.6 cm³/mol. The van der Waals surface area contributed by atoms with E-state index in [0.717, 1.165) is 39.0 Å². The minimum absolute atomic E-state index is 0.201. The molecule has 4 aliphatic rings. The summed E-state index contributed by atoms with van der Waals surface area (Å²) >= 11 is 0. The van der Waals surface area contributed by atoms with Crippen LogP contribution in [-0.2, 0) is 9.59 Å². The fraction of sp³-hybridized carbons (Fsp3) is 0.905. The monoisotopic (exact) mass is 346 g/mol. The first-order chi connectivity index (χ1) is 12.1. The molecular formula is C21H34N2O2. The zero-order chi connectivity index (χ0) is 17.7. The van der Waals surface area contributed by atoms with E-state index in [1.54, 1.807) is 0 Å². The van der Waals surface area contributed by atoms with Crippen LogP contribution < -0.4 is 0 Å². The highest BCUT2D eigenvalue weighted by Gasteiger charge is 2.84. The van der Waals surface area contributed by atoms with E-state index in [-0.39, 0.29) is 22.6 Å². The first-order valence-corrected chi connectivity index (χ1v) is 10.7. The molecule has 4 fully saturated rings. The first kappa shape index (κ1) is 17.7. The van der Waals surface area contributed by atoms with Crippen molar-refractivity contribution < 1.29 is 9.59 Å². The third kappa shape index (κ3) is 1.96. The third-order valence-corrected chi connectivity index (χ3v) is 8.23. The number of hydrogen-bond acceptors (Lipinski definition) is 4. The Kier molecular flexibility index (Phi) is 4.35. The molecule has 25 heavy (non-hydrogen) atoms. The quantitative estimate of drug-likeness (QED) is 0.733. The second-order valence-electron chi connectivity index (χ2n) is 8.82. The SMILES string of the molecule is CCC1(N2CCCCC2)CC(=O)C12C(=O)CC2(CC)N1CCCCC1. The molecule has 4 rings (SSSR count). The number of hydrogen-bond donors (Lipinski definition) is 0. The van der Waals surface area contributed by atoms with Crippen LogP contribution in [0, 0.1) is 5.41 Å². The molecule has 2 heterocycles. The maximum Gasteiger partial charge on any atom is 0.152 e. The van der Waals surface area contributed by atoms with E-state index in [2.05, 4.69) is 23.6 Å². The molecule has 4 heteroatoms. The van der Waals surface area contributed by atoms with Crippen LogP contribution in [0.2, 0.25) is 0 Å². The molecule has 140 valence electrons. The summed E-state index contributed by atoms with van der Waals surface area (Å²) in [6, 6.07) is 0. The average molecular weight is 347 g/mol. The summed E-state index contributed by atoms with van der Waals surface area (Å²) in [4.78, 5) is 31.5. The van der Waals surface area contributed by atoms with Gasteiger partial charge in [-0.05, 0) is 64.7 Å². The molecule has 0 amide bonds. The van der Waals surface area contributed by atoms with E-state index in [4.69, 9.17) is 0 Å². The number of ketones is 2. The van der Waals surface area contributed by atoms with Gasteiger partial charge in [0.05, 0.1) is 0 Å². The molecule has 2 aliphatic heterocycles. The normalized spacial score (nSPS) is 43.1. The fourth-order valence-corrected chi connectivity index (χ4v) is 7.04. The second kappa shape index (κ2) is 6.16. The molecule has 0 bridgehead atoms. The molecule has 0 N–H and O–H groups in total. The van der Waals surface area contributed by atoms with E-state index in [1.165, 1.54) is 38.5 Å². The summed E-state index contributed by atoms with van der Waals surface area (Å²) in [5.74, 6) is 0.507. The van der Waals surface area contributed by atoms with Gasteiger partial charge in [-0.2, -0.15) is 0 Å². The largest absolute Gasteiger partial charge is 0.298 e. The Labute approximate surface area is 152 Å². The van der Waals surface area contributed by atoms with Crippen molar-refractivity contribution in [3.63, 3.8) is 0 Å². The van der Waals surface area contributed by atoms with Crippen LogP contribution in [0.15, 0.2) is 0 Å². The van der Waals surface area contributed by atoms with Crippen LogP contribution >= 0.6 is 0 Å². The summed E-state index contributed by atoms with van der Waals surface area (Å²) in [6.07, 6.45) is 10.5. The van der Waals surface area contributed by atoms with Crippen LogP contribution in [0.1, 0.15) is 78.1 Å². The van der Waals surface area contributed by atoms with Crippen molar-refractivity contribution in [2.45, 2.75) is 89.1 Å². The van der Waals surface area contributed by atoms with Gasteiger partial charge in [0.25, 0.3) is 0 Å². The smallest absolute Gasteiger partial charge is 0.152 e. The van der Waals surface area contributed by atoms with Gasteiger partial charge in [-0.1, -0.05) is 26.7 Å². The van der Waals surface area contributed by atoms with Crippen LogP contribution in [0.5, 0.6) is 0 Å². The highest BCUT2D eigenvalue weighted by molar-refractivity contribution is 6.20. The van der Waals surface area contributed by atoms with Gasteiger partial charge in [0.15, 0.2) is 11.6 Å². The van der Waals surface area contributed by atoms with Crippen LogP contribution in [0.3, 0.4) is 0 Å². The molecule has 0 radical (unpaired) electrons. The third-order valence-electron chi connectivity index (χ3n) is 8.23. The number of nitrogens with zero attached hydrogens (tertiary/aromatic N) is 2. The standard InChI is InChI=1S/C21H34N2O2/c1-3-19(22-11-7-5-8-12-22)15-17(24)21(19)18(25)16-20(21,4-2)23-13-9-6-10-14-23/h3-16H2,1-2H3. The number of Topliss-reactive ketones (excluding diaryl/α,β-unsaturated/α-hetero) is 2. The van der Waals surface area contributed by atoms with E-state index < -0.39 is 5.41 Å². The van der Waals surface area contributed by atoms with Gasteiger partial charge in [-0.15, -0.1) is 0 Å². The molecule has 2 unspecified atom stereocenters. The highest BCUT2D eigenvalue weighted by atomic mass is 16.2. The minimum Gasteiger partial charge on any atom is -0.298 e. The van der Waals surface area contributed by atoms with E-state index >= 15 is 0 Å². The average Bonchev–Trinajstić information content (AvgIpc) is 2.64. The van der Waals surface area contributed by atoms with Crippen molar-refractivity contribution in [2.75, 3.05) is 26.2 Å². The minimum atomic E-state index is -0.724. The van der Waals surface area contributed by atoms with Gasteiger partial charge in [0.1, 0.15) is 5.41 Å². The summed E-state index contributed by atoms with van der Waals surface area (Å²) in [5.41, 5.74) is -1.13. The van der Waals surface area contributed by atoms with E-state index in [1.807, 2.05) is 0 Å². The number of carbonyl (C=O) groups is 2. The fourth-order valence-electron chi connectivity index (χ4n) is 7.04. The lowest BCUT2D eigenvalue weighted by Crippen LogP contribution is -2.90. The highest BCUT2D eigenvalue weighted by Crippen LogP contribution is 2.69. The molecule has 0 aromatic heterocycles. The molecule has 0 aromatic rings. The Morgan fingerprint density at radius 1 is 0.680 bits per heavy atom.